The Labute approximate surface area is 139 Å². The third-order valence-electron chi connectivity index (χ3n) is 3.84. The zero-order chi connectivity index (χ0) is 16.4. The number of nitrogens with one attached hydrogen (secondary N) is 1. The van der Waals surface area contributed by atoms with Crippen LogP contribution >= 0.6 is 11.6 Å². The van der Waals surface area contributed by atoms with Crippen LogP contribution in [0.15, 0.2) is 36.4 Å². The number of aryl methyl sites for hydroxylation is 1. The molecule has 0 saturated carbocycles. The average molecular weight is 332 g/mol. The van der Waals surface area contributed by atoms with Crippen LogP contribution in [0.25, 0.3) is 11.0 Å². The first kappa shape index (κ1) is 15.6. The minimum absolute atomic E-state index is 0.0660. The molecule has 2 N–H and O–H groups in total. The van der Waals surface area contributed by atoms with Gasteiger partial charge in [0.05, 0.1) is 31.3 Å². The molecule has 0 amide bonds. The maximum Gasteiger partial charge on any atom is 0.128 e. The van der Waals surface area contributed by atoms with Gasteiger partial charge in [-0.15, -0.1) is 0 Å². The van der Waals surface area contributed by atoms with E-state index in [2.05, 4.69) is 10.3 Å². The summed E-state index contributed by atoms with van der Waals surface area (Å²) in [5.74, 6) is 1.58. The number of halogens is 1. The number of nitrogens with zero attached hydrogens (tertiary/aromatic N) is 2. The highest BCUT2D eigenvalue weighted by Gasteiger charge is 2.09. The summed E-state index contributed by atoms with van der Waals surface area (Å²) in [4.78, 5) is 4.61. The van der Waals surface area contributed by atoms with Crippen molar-refractivity contribution in [2.24, 2.45) is 7.05 Å². The number of imidazole rings is 1. The molecular weight excluding hydrogens is 314 g/mol. The zero-order valence-electron chi connectivity index (χ0n) is 13.0. The van der Waals surface area contributed by atoms with Crippen LogP contribution in [0.5, 0.6) is 5.75 Å². The fourth-order valence-corrected chi connectivity index (χ4v) is 2.74. The van der Waals surface area contributed by atoms with E-state index in [0.29, 0.717) is 17.3 Å². The number of fused-ring (bicyclic) bond motifs is 1. The topological polar surface area (TPSA) is 59.3 Å². The van der Waals surface area contributed by atoms with Crippen LogP contribution < -0.4 is 10.1 Å². The van der Waals surface area contributed by atoms with Crippen molar-refractivity contribution in [3.63, 3.8) is 0 Å². The molecule has 1 heterocycles. The van der Waals surface area contributed by atoms with E-state index < -0.39 is 0 Å². The standard InChI is InChI=1S/C17H18ClN3O2/c1-21-15-5-3-12(18)8-14(15)20-17(21)9-19-13-4-6-16(23-2)11(7-13)10-22/h3-8,19,22H,9-10H2,1-2H3. The lowest BCUT2D eigenvalue weighted by atomic mass is 10.2. The molecule has 0 bridgehead atoms. The van der Waals surface area contributed by atoms with E-state index in [1.807, 2.05) is 48.0 Å². The second kappa shape index (κ2) is 6.48. The smallest absolute Gasteiger partial charge is 0.128 e. The molecule has 0 atom stereocenters. The molecule has 0 aliphatic carbocycles. The van der Waals surface area contributed by atoms with Gasteiger partial charge in [0.25, 0.3) is 0 Å². The minimum Gasteiger partial charge on any atom is -0.496 e. The number of hydrogen-bond donors (Lipinski definition) is 2. The van der Waals surface area contributed by atoms with Crippen LogP contribution in [-0.2, 0) is 20.2 Å². The lowest BCUT2D eigenvalue weighted by molar-refractivity contribution is 0.274. The highest BCUT2D eigenvalue weighted by atomic mass is 35.5. The molecule has 5 nitrogen and oxygen atoms in total. The highest BCUT2D eigenvalue weighted by Crippen LogP contribution is 2.24. The van der Waals surface area contributed by atoms with Crippen molar-refractivity contribution in [3.05, 3.63) is 52.8 Å². The molecule has 0 saturated heterocycles. The van der Waals surface area contributed by atoms with Crippen LogP contribution in [0.1, 0.15) is 11.4 Å². The van der Waals surface area contributed by atoms with Gasteiger partial charge in [0.1, 0.15) is 11.6 Å². The van der Waals surface area contributed by atoms with Crippen LogP contribution in [-0.4, -0.2) is 21.8 Å². The van der Waals surface area contributed by atoms with Gasteiger partial charge < -0.3 is 19.7 Å². The van der Waals surface area contributed by atoms with Crippen molar-refractivity contribution >= 4 is 28.3 Å². The molecule has 0 aliphatic heterocycles. The summed E-state index contributed by atoms with van der Waals surface area (Å²) in [6.45, 7) is 0.503. The van der Waals surface area contributed by atoms with Crippen molar-refractivity contribution in [2.45, 2.75) is 13.2 Å². The fraction of sp³-hybridized carbons (Fsp3) is 0.235. The zero-order valence-corrected chi connectivity index (χ0v) is 13.8. The average Bonchev–Trinajstić information content (AvgIpc) is 2.87. The van der Waals surface area contributed by atoms with E-state index in [9.17, 15) is 5.11 Å². The van der Waals surface area contributed by atoms with Gasteiger partial charge in [0.15, 0.2) is 0 Å². The van der Waals surface area contributed by atoms with E-state index in [4.69, 9.17) is 16.3 Å². The summed E-state index contributed by atoms with van der Waals surface area (Å²) in [7, 11) is 3.57. The summed E-state index contributed by atoms with van der Waals surface area (Å²) in [5, 5.41) is 13.4. The third kappa shape index (κ3) is 3.11. The summed E-state index contributed by atoms with van der Waals surface area (Å²) in [6.07, 6.45) is 0. The third-order valence-corrected chi connectivity index (χ3v) is 4.07. The number of rotatable bonds is 5. The first-order valence-corrected chi connectivity index (χ1v) is 7.62. The van der Waals surface area contributed by atoms with Crippen molar-refractivity contribution in [2.75, 3.05) is 12.4 Å². The second-order valence-corrected chi connectivity index (χ2v) is 5.69. The van der Waals surface area contributed by atoms with Crippen LogP contribution in [0.2, 0.25) is 5.02 Å². The van der Waals surface area contributed by atoms with Gasteiger partial charge in [-0.25, -0.2) is 4.98 Å². The Morgan fingerprint density at radius 1 is 1.26 bits per heavy atom. The molecule has 3 aromatic rings. The van der Waals surface area contributed by atoms with Crippen molar-refractivity contribution in [3.8, 4) is 5.75 Å². The van der Waals surface area contributed by atoms with Gasteiger partial charge in [-0.1, -0.05) is 11.6 Å². The Balaban J connectivity index is 1.82. The molecule has 3 rings (SSSR count). The number of ether oxygens (including phenoxy) is 1. The number of aromatic nitrogens is 2. The van der Waals surface area contributed by atoms with E-state index in [1.165, 1.54) is 0 Å². The maximum atomic E-state index is 9.39. The van der Waals surface area contributed by atoms with Crippen LogP contribution in [0, 0.1) is 0 Å². The van der Waals surface area contributed by atoms with Gasteiger partial charge >= 0.3 is 0 Å². The molecule has 2 aromatic carbocycles. The van der Waals surface area contributed by atoms with Gasteiger partial charge in [-0.05, 0) is 36.4 Å². The van der Waals surface area contributed by atoms with E-state index in [-0.39, 0.29) is 6.61 Å². The lowest BCUT2D eigenvalue weighted by Crippen LogP contribution is -2.06. The van der Waals surface area contributed by atoms with Crippen molar-refractivity contribution < 1.29 is 9.84 Å². The normalized spacial score (nSPS) is 11.0. The number of methoxy groups -OCH3 is 1. The molecule has 6 heteroatoms. The predicted octanol–water partition coefficient (Wildman–Crippen LogP) is 3.34. The summed E-state index contributed by atoms with van der Waals surface area (Å²) >= 11 is 6.01. The number of benzene rings is 2. The Kier molecular flexibility index (Phi) is 4.41. The van der Waals surface area contributed by atoms with Gasteiger partial charge in [-0.2, -0.15) is 0 Å². The Morgan fingerprint density at radius 2 is 2.09 bits per heavy atom. The molecule has 0 fully saturated rings. The number of aliphatic hydroxyl groups is 1. The highest BCUT2D eigenvalue weighted by molar-refractivity contribution is 6.31. The van der Waals surface area contributed by atoms with Crippen LogP contribution in [0.3, 0.4) is 0 Å². The number of hydrogen-bond acceptors (Lipinski definition) is 4. The van der Waals surface area contributed by atoms with Crippen molar-refractivity contribution in [1.29, 1.82) is 0 Å². The molecule has 120 valence electrons. The van der Waals surface area contributed by atoms with E-state index in [1.54, 1.807) is 7.11 Å². The monoisotopic (exact) mass is 331 g/mol. The summed E-state index contributed by atoms with van der Waals surface area (Å²) < 4.78 is 7.24. The Bertz CT molecular complexity index is 845. The first-order valence-electron chi connectivity index (χ1n) is 7.25. The molecule has 0 radical (unpaired) electrons. The number of aliphatic hydroxyl groups excluding tert-OH is 1. The van der Waals surface area contributed by atoms with Gasteiger partial charge in [-0.3, -0.25) is 0 Å². The maximum absolute atomic E-state index is 9.39. The van der Waals surface area contributed by atoms with Gasteiger partial charge in [0, 0.05) is 23.3 Å². The quantitative estimate of drug-likeness (QED) is 0.753. The molecule has 0 unspecified atom stereocenters. The molecule has 0 spiro atoms. The Morgan fingerprint density at radius 3 is 2.83 bits per heavy atom. The first-order chi connectivity index (χ1) is 11.1. The summed E-state index contributed by atoms with van der Waals surface area (Å²) in [5.41, 5.74) is 3.56. The minimum atomic E-state index is -0.0660. The molecule has 23 heavy (non-hydrogen) atoms. The molecular formula is C17H18ClN3O2. The van der Waals surface area contributed by atoms with Gasteiger partial charge in [0.2, 0.25) is 0 Å². The second-order valence-electron chi connectivity index (χ2n) is 5.26. The SMILES string of the molecule is COc1ccc(NCc2nc3cc(Cl)ccc3n2C)cc1CO. The Hall–Kier alpha value is -2.24. The van der Waals surface area contributed by atoms with E-state index in [0.717, 1.165) is 28.1 Å². The van der Waals surface area contributed by atoms with Crippen LogP contribution in [0.4, 0.5) is 5.69 Å². The largest absolute Gasteiger partial charge is 0.496 e. The number of anilines is 1. The van der Waals surface area contributed by atoms with Crippen molar-refractivity contribution in [1.82, 2.24) is 9.55 Å². The van der Waals surface area contributed by atoms with E-state index >= 15 is 0 Å². The lowest BCUT2D eigenvalue weighted by Gasteiger charge is -2.11. The fourth-order valence-electron chi connectivity index (χ4n) is 2.57. The summed E-state index contributed by atoms with van der Waals surface area (Å²) in [6, 6.07) is 11.3. The molecule has 0 aliphatic rings. The predicted molar refractivity (Wildman–Crippen MR) is 92.0 cm³/mol. The molecule has 1 aromatic heterocycles.